The van der Waals surface area contributed by atoms with Gasteiger partial charge in [-0.1, -0.05) is 29.8 Å². The van der Waals surface area contributed by atoms with Gasteiger partial charge in [0.1, 0.15) is 12.4 Å². The Morgan fingerprint density at radius 1 is 1.08 bits per heavy atom. The molecule has 2 aromatic rings. The van der Waals surface area contributed by atoms with Crippen LogP contribution in [0, 0.1) is 6.92 Å². The molecule has 0 aliphatic heterocycles. The minimum Gasteiger partial charge on any atom is -0.489 e. The van der Waals surface area contributed by atoms with Crippen molar-refractivity contribution in [2.45, 2.75) is 19.5 Å². The number of hydrogen-bond donors (Lipinski definition) is 1. The fraction of sp³-hybridized carbons (Fsp3) is 0.316. The first-order valence-corrected chi connectivity index (χ1v) is 7.98. The van der Waals surface area contributed by atoms with Crippen molar-refractivity contribution >= 4 is 11.6 Å². The Morgan fingerprint density at radius 2 is 1.77 bits per heavy atom. The molecule has 0 bridgehead atoms. The Kier molecular flexibility index (Phi) is 6.63. The molecule has 0 radical (unpaired) electrons. The van der Waals surface area contributed by atoms with Crippen LogP contribution in [-0.4, -0.2) is 26.2 Å². The van der Waals surface area contributed by atoms with Gasteiger partial charge in [-0.05, 0) is 30.7 Å². The smallest absolute Gasteiger partial charge is 0.416 e. The van der Waals surface area contributed by atoms with Crippen LogP contribution in [-0.2, 0) is 22.1 Å². The summed E-state index contributed by atoms with van der Waals surface area (Å²) in [5.41, 5.74) is 0.943. The molecule has 0 heterocycles. The average molecular weight is 367 g/mol. The van der Waals surface area contributed by atoms with Crippen LogP contribution in [0.4, 0.5) is 18.9 Å². The number of methoxy groups -OCH3 is 1. The summed E-state index contributed by atoms with van der Waals surface area (Å²) >= 11 is 0. The van der Waals surface area contributed by atoms with Crippen molar-refractivity contribution in [1.29, 1.82) is 0 Å². The molecule has 1 N–H and O–H groups in total. The number of anilines is 1. The summed E-state index contributed by atoms with van der Waals surface area (Å²) in [5, 5.41) is 2.51. The van der Waals surface area contributed by atoms with Gasteiger partial charge in [0, 0.05) is 7.11 Å². The standard InChI is InChI=1S/C19H20F3NO3/c1-13-3-5-14(6-4-13)11-18(24)23-16-12-15(19(20,21)22)7-8-17(16)26-10-9-25-2/h3-8,12H,9-11H2,1-2H3,(H,23,24). The van der Waals surface area contributed by atoms with Crippen molar-refractivity contribution in [1.82, 2.24) is 0 Å². The van der Waals surface area contributed by atoms with E-state index in [1.54, 1.807) is 12.1 Å². The summed E-state index contributed by atoms with van der Waals surface area (Å²) in [6.45, 7) is 2.36. The molecule has 1 amide bonds. The number of ether oxygens (including phenoxy) is 2. The zero-order chi connectivity index (χ0) is 19.2. The van der Waals surface area contributed by atoms with Crippen molar-refractivity contribution in [3.8, 4) is 5.75 Å². The highest BCUT2D eigenvalue weighted by Crippen LogP contribution is 2.35. The largest absolute Gasteiger partial charge is 0.489 e. The molecule has 0 unspecified atom stereocenters. The van der Waals surface area contributed by atoms with Gasteiger partial charge in [-0.2, -0.15) is 13.2 Å². The van der Waals surface area contributed by atoms with Crippen LogP contribution in [0.15, 0.2) is 42.5 Å². The lowest BCUT2D eigenvalue weighted by Crippen LogP contribution is -2.17. The second-order valence-corrected chi connectivity index (χ2v) is 5.76. The van der Waals surface area contributed by atoms with Gasteiger partial charge in [0.15, 0.2) is 0 Å². The quantitative estimate of drug-likeness (QED) is 0.746. The van der Waals surface area contributed by atoms with Crippen molar-refractivity contribution in [3.63, 3.8) is 0 Å². The topological polar surface area (TPSA) is 47.6 Å². The van der Waals surface area contributed by atoms with Gasteiger partial charge in [-0.3, -0.25) is 4.79 Å². The van der Waals surface area contributed by atoms with E-state index < -0.39 is 17.6 Å². The van der Waals surface area contributed by atoms with Gasteiger partial charge in [-0.15, -0.1) is 0 Å². The normalized spacial score (nSPS) is 11.3. The molecule has 0 saturated heterocycles. The molecule has 4 nitrogen and oxygen atoms in total. The third-order valence-corrected chi connectivity index (χ3v) is 3.61. The predicted octanol–water partition coefficient (Wildman–Crippen LogP) is 4.22. The van der Waals surface area contributed by atoms with E-state index in [-0.39, 0.29) is 31.1 Å². The van der Waals surface area contributed by atoms with E-state index in [0.717, 1.165) is 23.3 Å². The molecule has 0 saturated carbocycles. The van der Waals surface area contributed by atoms with E-state index in [1.807, 2.05) is 19.1 Å². The summed E-state index contributed by atoms with van der Waals surface area (Å²) in [5.74, 6) is -0.267. The van der Waals surface area contributed by atoms with Gasteiger partial charge >= 0.3 is 6.18 Å². The molecule has 7 heteroatoms. The fourth-order valence-electron chi connectivity index (χ4n) is 2.25. The van der Waals surface area contributed by atoms with Gasteiger partial charge in [-0.25, -0.2) is 0 Å². The lowest BCUT2D eigenvalue weighted by molar-refractivity contribution is -0.137. The average Bonchev–Trinajstić information content (AvgIpc) is 2.57. The minimum atomic E-state index is -4.51. The van der Waals surface area contributed by atoms with E-state index >= 15 is 0 Å². The first-order valence-electron chi connectivity index (χ1n) is 7.98. The van der Waals surface area contributed by atoms with Gasteiger partial charge in [0.25, 0.3) is 0 Å². The zero-order valence-corrected chi connectivity index (χ0v) is 14.5. The summed E-state index contributed by atoms with van der Waals surface area (Å²) in [4.78, 5) is 12.2. The Bertz CT molecular complexity index is 743. The van der Waals surface area contributed by atoms with E-state index in [0.29, 0.717) is 0 Å². The van der Waals surface area contributed by atoms with Crippen molar-refractivity contribution < 1.29 is 27.4 Å². The van der Waals surface area contributed by atoms with Crippen LogP contribution in [0.1, 0.15) is 16.7 Å². The maximum absolute atomic E-state index is 13.0. The minimum absolute atomic E-state index is 0.0203. The van der Waals surface area contributed by atoms with Crippen LogP contribution in [0.3, 0.4) is 0 Å². The lowest BCUT2D eigenvalue weighted by atomic mass is 10.1. The fourth-order valence-corrected chi connectivity index (χ4v) is 2.25. The first kappa shape index (κ1) is 19.8. The number of carbonyl (C=O) groups is 1. The van der Waals surface area contributed by atoms with Crippen LogP contribution < -0.4 is 10.1 Å². The molecule has 0 aliphatic carbocycles. The number of amides is 1. The SMILES string of the molecule is COCCOc1ccc(C(F)(F)F)cc1NC(=O)Cc1ccc(C)cc1. The first-order chi connectivity index (χ1) is 12.3. The number of hydrogen-bond acceptors (Lipinski definition) is 3. The molecular formula is C19H20F3NO3. The number of carbonyl (C=O) groups excluding carboxylic acids is 1. The molecule has 0 aliphatic rings. The number of aryl methyl sites for hydroxylation is 1. The Morgan fingerprint density at radius 3 is 2.38 bits per heavy atom. The number of alkyl halides is 3. The van der Waals surface area contributed by atoms with E-state index in [4.69, 9.17) is 9.47 Å². The highest BCUT2D eigenvalue weighted by atomic mass is 19.4. The zero-order valence-electron chi connectivity index (χ0n) is 14.5. The molecule has 2 aromatic carbocycles. The Hall–Kier alpha value is -2.54. The maximum atomic E-state index is 13.0. The molecule has 2 rings (SSSR count). The number of benzene rings is 2. The molecule has 0 spiro atoms. The number of rotatable bonds is 7. The highest BCUT2D eigenvalue weighted by Gasteiger charge is 2.31. The van der Waals surface area contributed by atoms with E-state index in [2.05, 4.69) is 5.32 Å². The second kappa shape index (κ2) is 8.71. The predicted molar refractivity (Wildman–Crippen MR) is 92.3 cm³/mol. The molecular weight excluding hydrogens is 347 g/mol. The van der Waals surface area contributed by atoms with Crippen LogP contribution in [0.2, 0.25) is 0 Å². The number of nitrogens with one attached hydrogen (secondary N) is 1. The van der Waals surface area contributed by atoms with Crippen LogP contribution in [0.25, 0.3) is 0 Å². The maximum Gasteiger partial charge on any atom is 0.416 e. The number of halogens is 3. The summed E-state index contributed by atoms with van der Waals surface area (Å²) in [6, 6.07) is 10.3. The van der Waals surface area contributed by atoms with Crippen LogP contribution in [0.5, 0.6) is 5.75 Å². The highest BCUT2D eigenvalue weighted by molar-refractivity contribution is 5.93. The van der Waals surface area contributed by atoms with Crippen molar-refractivity contribution in [3.05, 3.63) is 59.2 Å². The van der Waals surface area contributed by atoms with E-state index in [9.17, 15) is 18.0 Å². The monoisotopic (exact) mass is 367 g/mol. The molecule has 140 valence electrons. The van der Waals surface area contributed by atoms with Crippen molar-refractivity contribution in [2.24, 2.45) is 0 Å². The van der Waals surface area contributed by atoms with Gasteiger partial charge in [0.05, 0.1) is 24.3 Å². The van der Waals surface area contributed by atoms with Crippen molar-refractivity contribution in [2.75, 3.05) is 25.6 Å². The Labute approximate surface area is 149 Å². The Balaban J connectivity index is 2.17. The summed E-state index contributed by atoms with van der Waals surface area (Å²) < 4.78 is 49.1. The second-order valence-electron chi connectivity index (χ2n) is 5.76. The van der Waals surface area contributed by atoms with Gasteiger partial charge in [0.2, 0.25) is 5.91 Å². The summed E-state index contributed by atoms with van der Waals surface area (Å²) in [7, 11) is 1.49. The molecule has 0 aromatic heterocycles. The molecule has 0 atom stereocenters. The van der Waals surface area contributed by atoms with E-state index in [1.165, 1.54) is 13.2 Å². The lowest BCUT2D eigenvalue weighted by Gasteiger charge is -2.15. The molecule has 0 fully saturated rings. The summed E-state index contributed by atoms with van der Waals surface area (Å²) in [6.07, 6.45) is -4.46. The molecule has 26 heavy (non-hydrogen) atoms. The van der Waals surface area contributed by atoms with Crippen LogP contribution >= 0.6 is 0 Å². The van der Waals surface area contributed by atoms with Gasteiger partial charge < -0.3 is 14.8 Å². The third-order valence-electron chi connectivity index (χ3n) is 3.61. The third kappa shape index (κ3) is 5.77.